The summed E-state index contributed by atoms with van der Waals surface area (Å²) in [4.78, 5) is 0. The van der Waals surface area contributed by atoms with Crippen LogP contribution in [0.25, 0.3) is 0 Å². The van der Waals surface area contributed by atoms with Crippen LogP contribution in [0.4, 0.5) is 0 Å². The Kier molecular flexibility index (Phi) is 4.66. The number of aryl methyl sites for hydroxylation is 1. The molecule has 102 valence electrons. The molecular weight excluding hydrogens is 306 g/mol. The van der Waals surface area contributed by atoms with Crippen LogP contribution in [0.1, 0.15) is 22.9 Å². The van der Waals surface area contributed by atoms with Crippen molar-refractivity contribution in [2.75, 3.05) is 14.2 Å². The van der Waals surface area contributed by atoms with Crippen molar-refractivity contribution >= 4 is 15.9 Å². The highest BCUT2D eigenvalue weighted by Gasteiger charge is 2.18. The minimum atomic E-state index is 0.137. The quantitative estimate of drug-likeness (QED) is 0.907. The lowest BCUT2D eigenvalue weighted by atomic mass is 10.0. The van der Waals surface area contributed by atoms with Gasteiger partial charge in [0.25, 0.3) is 0 Å². The molecule has 0 aliphatic carbocycles. The molecule has 0 aliphatic heterocycles. The molecule has 1 heterocycles. The summed E-state index contributed by atoms with van der Waals surface area (Å²) >= 11 is 3.50. The first-order valence-electron chi connectivity index (χ1n) is 6.19. The summed E-state index contributed by atoms with van der Waals surface area (Å²) in [6.07, 6.45) is 2.54. The van der Waals surface area contributed by atoms with Crippen molar-refractivity contribution in [1.29, 1.82) is 0 Å². The number of ether oxygens (including phenoxy) is 1. The number of furan rings is 1. The van der Waals surface area contributed by atoms with E-state index in [0.717, 1.165) is 33.5 Å². The molecule has 1 aromatic heterocycles. The number of likely N-dealkylation sites (N-methyl/N-ethyl adjacent to an activating group) is 1. The third kappa shape index (κ3) is 3.19. The maximum absolute atomic E-state index is 5.58. The van der Waals surface area contributed by atoms with E-state index in [4.69, 9.17) is 9.15 Å². The van der Waals surface area contributed by atoms with E-state index in [0.29, 0.717) is 0 Å². The number of hydrogen-bond donors (Lipinski definition) is 1. The van der Waals surface area contributed by atoms with Crippen molar-refractivity contribution in [3.05, 3.63) is 51.9 Å². The lowest BCUT2D eigenvalue weighted by Gasteiger charge is -2.17. The number of benzene rings is 1. The lowest BCUT2D eigenvalue weighted by Crippen LogP contribution is -2.19. The summed E-state index contributed by atoms with van der Waals surface area (Å²) in [5, 5.41) is 3.30. The van der Waals surface area contributed by atoms with Crippen LogP contribution >= 0.6 is 15.9 Å². The topological polar surface area (TPSA) is 34.4 Å². The zero-order valence-corrected chi connectivity index (χ0v) is 13.0. The Hall–Kier alpha value is -1.26. The highest BCUT2D eigenvalue weighted by Crippen LogP contribution is 2.29. The number of halogens is 1. The number of nitrogens with one attached hydrogen (secondary N) is 1. The van der Waals surface area contributed by atoms with Gasteiger partial charge in [-0.25, -0.2) is 0 Å². The standard InChI is InChI=1S/C15H18BrNO2/c1-10-6-7-19-15(10)13(17-2)9-11-8-12(16)4-5-14(11)18-3/h4-8,13,17H,9H2,1-3H3. The molecule has 4 heteroatoms. The molecule has 0 spiro atoms. The fourth-order valence-electron chi connectivity index (χ4n) is 2.19. The average Bonchev–Trinajstić information content (AvgIpc) is 2.82. The van der Waals surface area contributed by atoms with E-state index in [1.807, 2.05) is 25.2 Å². The van der Waals surface area contributed by atoms with Crippen molar-refractivity contribution in [2.45, 2.75) is 19.4 Å². The van der Waals surface area contributed by atoms with E-state index in [1.54, 1.807) is 13.4 Å². The zero-order chi connectivity index (χ0) is 13.8. The fourth-order valence-corrected chi connectivity index (χ4v) is 2.60. The Balaban J connectivity index is 2.28. The van der Waals surface area contributed by atoms with Gasteiger partial charge in [-0.3, -0.25) is 0 Å². The van der Waals surface area contributed by atoms with Crippen LogP contribution < -0.4 is 10.1 Å². The first-order valence-corrected chi connectivity index (χ1v) is 6.98. The average molecular weight is 324 g/mol. The third-order valence-corrected chi connectivity index (χ3v) is 3.73. The molecule has 3 nitrogen and oxygen atoms in total. The summed E-state index contributed by atoms with van der Waals surface area (Å²) < 4.78 is 12.0. The van der Waals surface area contributed by atoms with E-state index in [-0.39, 0.29) is 6.04 Å². The van der Waals surface area contributed by atoms with E-state index in [1.165, 1.54) is 0 Å². The third-order valence-electron chi connectivity index (χ3n) is 3.23. The number of hydrogen-bond acceptors (Lipinski definition) is 3. The van der Waals surface area contributed by atoms with Gasteiger partial charge in [-0.05, 0) is 55.8 Å². The first-order chi connectivity index (χ1) is 9.15. The van der Waals surface area contributed by atoms with Crippen LogP contribution in [0, 0.1) is 6.92 Å². The molecule has 1 atom stereocenters. The summed E-state index contributed by atoms with van der Waals surface area (Å²) in [6, 6.07) is 8.16. The molecule has 0 fully saturated rings. The fraction of sp³-hybridized carbons (Fsp3) is 0.333. The van der Waals surface area contributed by atoms with Gasteiger partial charge in [-0.2, -0.15) is 0 Å². The van der Waals surface area contributed by atoms with E-state index < -0.39 is 0 Å². The normalized spacial score (nSPS) is 12.4. The van der Waals surface area contributed by atoms with Crippen LogP contribution in [-0.2, 0) is 6.42 Å². The summed E-state index contributed by atoms with van der Waals surface area (Å²) in [6.45, 7) is 2.06. The van der Waals surface area contributed by atoms with Crippen molar-refractivity contribution in [1.82, 2.24) is 5.32 Å². The molecule has 0 saturated heterocycles. The van der Waals surface area contributed by atoms with E-state index in [2.05, 4.69) is 34.2 Å². The predicted octanol–water partition coefficient (Wildman–Crippen LogP) is 3.86. The van der Waals surface area contributed by atoms with Crippen molar-refractivity contribution in [3.63, 3.8) is 0 Å². The predicted molar refractivity (Wildman–Crippen MR) is 79.6 cm³/mol. The van der Waals surface area contributed by atoms with Gasteiger partial charge in [0, 0.05) is 4.47 Å². The van der Waals surface area contributed by atoms with Crippen LogP contribution in [0.5, 0.6) is 5.75 Å². The van der Waals surface area contributed by atoms with Crippen molar-refractivity contribution in [2.24, 2.45) is 0 Å². The van der Waals surface area contributed by atoms with Crippen molar-refractivity contribution in [3.8, 4) is 5.75 Å². The molecule has 2 aromatic rings. The van der Waals surface area contributed by atoms with Gasteiger partial charge >= 0.3 is 0 Å². The van der Waals surface area contributed by atoms with Crippen LogP contribution in [0.15, 0.2) is 39.4 Å². The molecule has 1 N–H and O–H groups in total. The summed E-state index contributed by atoms with van der Waals surface area (Å²) in [5.41, 5.74) is 2.31. The minimum absolute atomic E-state index is 0.137. The molecule has 0 bridgehead atoms. The van der Waals surface area contributed by atoms with E-state index in [9.17, 15) is 0 Å². The Bertz CT molecular complexity index is 551. The molecule has 1 aromatic carbocycles. The molecule has 0 saturated carbocycles. The molecular formula is C15H18BrNO2. The molecule has 0 amide bonds. The maximum Gasteiger partial charge on any atom is 0.123 e. The first kappa shape index (κ1) is 14.2. The zero-order valence-electron chi connectivity index (χ0n) is 11.4. The smallest absolute Gasteiger partial charge is 0.123 e. The van der Waals surface area contributed by atoms with Crippen LogP contribution in [-0.4, -0.2) is 14.2 Å². The lowest BCUT2D eigenvalue weighted by molar-refractivity contribution is 0.396. The summed E-state index contributed by atoms with van der Waals surface area (Å²) in [5.74, 6) is 1.87. The molecule has 0 radical (unpaired) electrons. The van der Waals surface area contributed by atoms with Gasteiger partial charge in [0.05, 0.1) is 19.4 Å². The Morgan fingerprint density at radius 1 is 1.37 bits per heavy atom. The molecule has 0 aliphatic rings. The van der Waals surface area contributed by atoms with Gasteiger partial charge < -0.3 is 14.5 Å². The van der Waals surface area contributed by atoms with Gasteiger partial charge in [-0.15, -0.1) is 0 Å². The molecule has 1 unspecified atom stereocenters. The summed E-state index contributed by atoms with van der Waals surface area (Å²) in [7, 11) is 3.64. The van der Waals surface area contributed by atoms with Crippen LogP contribution in [0.3, 0.4) is 0 Å². The Labute approximate surface area is 122 Å². The second-order valence-corrected chi connectivity index (χ2v) is 5.39. The van der Waals surface area contributed by atoms with Gasteiger partial charge in [0.2, 0.25) is 0 Å². The second-order valence-electron chi connectivity index (χ2n) is 4.47. The molecule has 2 rings (SSSR count). The highest BCUT2D eigenvalue weighted by molar-refractivity contribution is 9.10. The Morgan fingerprint density at radius 3 is 2.74 bits per heavy atom. The molecule has 19 heavy (non-hydrogen) atoms. The maximum atomic E-state index is 5.58. The number of rotatable bonds is 5. The van der Waals surface area contributed by atoms with Gasteiger partial charge in [0.15, 0.2) is 0 Å². The van der Waals surface area contributed by atoms with Gasteiger partial charge in [-0.1, -0.05) is 15.9 Å². The number of methoxy groups -OCH3 is 1. The second kappa shape index (κ2) is 6.26. The SMILES string of the molecule is CNC(Cc1cc(Br)ccc1OC)c1occc1C. The van der Waals surface area contributed by atoms with Crippen LogP contribution in [0.2, 0.25) is 0 Å². The van der Waals surface area contributed by atoms with Gasteiger partial charge in [0.1, 0.15) is 11.5 Å². The Morgan fingerprint density at radius 2 is 2.16 bits per heavy atom. The minimum Gasteiger partial charge on any atom is -0.496 e. The van der Waals surface area contributed by atoms with Crippen molar-refractivity contribution < 1.29 is 9.15 Å². The largest absolute Gasteiger partial charge is 0.496 e. The highest BCUT2D eigenvalue weighted by atomic mass is 79.9. The van der Waals surface area contributed by atoms with E-state index >= 15 is 0 Å². The monoisotopic (exact) mass is 323 g/mol.